The molecule has 1 aromatic heterocycles. The zero-order valence-electron chi connectivity index (χ0n) is 17.7. The van der Waals surface area contributed by atoms with Gasteiger partial charge in [-0.05, 0) is 55.9 Å². The lowest BCUT2D eigenvalue weighted by Gasteiger charge is -2.20. The van der Waals surface area contributed by atoms with E-state index >= 15 is 0 Å². The number of carbonyl (C=O) groups is 2. The molecule has 30 heavy (non-hydrogen) atoms. The average molecular weight is 408 g/mol. The van der Waals surface area contributed by atoms with E-state index in [9.17, 15) is 9.59 Å². The second-order valence-electron chi connectivity index (χ2n) is 8.02. The minimum atomic E-state index is -0.316. The average Bonchev–Trinajstić information content (AvgIpc) is 3.23. The molecule has 0 spiro atoms. The Morgan fingerprint density at radius 1 is 1.37 bits per heavy atom. The number of nitrogens with one attached hydrogen (secondary N) is 1. The van der Waals surface area contributed by atoms with Crippen LogP contribution in [0.1, 0.15) is 49.9 Å². The van der Waals surface area contributed by atoms with Gasteiger partial charge in [0.2, 0.25) is 5.91 Å². The van der Waals surface area contributed by atoms with Gasteiger partial charge in [0.15, 0.2) is 0 Å². The zero-order chi connectivity index (χ0) is 21.5. The normalized spacial score (nSPS) is 15.9. The summed E-state index contributed by atoms with van der Waals surface area (Å²) in [5.74, 6) is 3.52. The summed E-state index contributed by atoms with van der Waals surface area (Å²) >= 11 is 0. The predicted molar refractivity (Wildman–Crippen MR) is 117 cm³/mol. The predicted octanol–water partition coefficient (Wildman–Crippen LogP) is 3.40. The van der Waals surface area contributed by atoms with Gasteiger partial charge in [0.1, 0.15) is 5.75 Å². The molecule has 0 radical (unpaired) electrons. The van der Waals surface area contributed by atoms with Gasteiger partial charge >= 0.3 is 0 Å². The van der Waals surface area contributed by atoms with Crippen LogP contribution in [0, 0.1) is 18.3 Å². The maximum absolute atomic E-state index is 12.8. The fourth-order valence-corrected chi connectivity index (χ4v) is 3.69. The third-order valence-corrected chi connectivity index (χ3v) is 5.32. The number of fused-ring (bicyclic) bond motifs is 1. The number of likely N-dealkylation sites (tertiary alicyclic amines) is 1. The van der Waals surface area contributed by atoms with E-state index in [1.807, 2.05) is 18.2 Å². The van der Waals surface area contributed by atoms with Crippen molar-refractivity contribution in [1.29, 1.82) is 0 Å². The van der Waals surface area contributed by atoms with Crippen molar-refractivity contribution in [2.24, 2.45) is 5.92 Å². The van der Waals surface area contributed by atoms with Gasteiger partial charge in [-0.2, -0.15) is 0 Å². The Morgan fingerprint density at radius 3 is 2.97 bits per heavy atom. The lowest BCUT2D eigenvalue weighted by Crippen LogP contribution is -2.42. The molecule has 1 N–H and O–H groups in total. The van der Waals surface area contributed by atoms with Crippen LogP contribution < -0.4 is 10.1 Å². The van der Waals surface area contributed by atoms with Crippen molar-refractivity contribution in [2.45, 2.75) is 45.6 Å². The lowest BCUT2D eigenvalue weighted by atomic mass is 10.1. The van der Waals surface area contributed by atoms with Crippen molar-refractivity contribution in [3.05, 3.63) is 36.0 Å². The zero-order valence-corrected chi connectivity index (χ0v) is 17.7. The molecule has 0 bridgehead atoms. The lowest BCUT2D eigenvalue weighted by molar-refractivity contribution is -0.130. The molecule has 2 aromatic rings. The van der Waals surface area contributed by atoms with Gasteiger partial charge in [0.25, 0.3) is 5.91 Å². The SMILES string of the molecule is C#CC1CCCN1C(=O)CNC(=O)c1ccnc2ccc(OCCCC(C)C)cc12. The number of terminal acetylenes is 1. The third kappa shape index (κ3) is 5.29. The molecule has 6 nitrogen and oxygen atoms in total. The third-order valence-electron chi connectivity index (χ3n) is 5.32. The van der Waals surface area contributed by atoms with Gasteiger partial charge in [-0.15, -0.1) is 6.42 Å². The number of ether oxygens (including phenoxy) is 1. The molecule has 158 valence electrons. The monoisotopic (exact) mass is 407 g/mol. The van der Waals surface area contributed by atoms with Crippen LogP contribution in [0.3, 0.4) is 0 Å². The second-order valence-corrected chi connectivity index (χ2v) is 8.02. The molecule has 1 saturated heterocycles. The number of aromatic nitrogens is 1. The van der Waals surface area contributed by atoms with Crippen LogP contribution in [0.25, 0.3) is 10.9 Å². The Kier molecular flexibility index (Phi) is 7.29. The van der Waals surface area contributed by atoms with E-state index in [0.717, 1.165) is 25.7 Å². The molecular weight excluding hydrogens is 378 g/mol. The number of hydrogen-bond acceptors (Lipinski definition) is 4. The Balaban J connectivity index is 1.66. The molecule has 1 aromatic carbocycles. The molecule has 1 atom stereocenters. The summed E-state index contributed by atoms with van der Waals surface area (Å²) in [5, 5.41) is 3.43. The van der Waals surface area contributed by atoms with E-state index in [1.54, 1.807) is 17.2 Å². The van der Waals surface area contributed by atoms with Crippen molar-refractivity contribution in [3.8, 4) is 18.1 Å². The van der Waals surface area contributed by atoms with Crippen molar-refractivity contribution >= 4 is 22.7 Å². The highest BCUT2D eigenvalue weighted by molar-refractivity contribution is 6.07. The highest BCUT2D eigenvalue weighted by Gasteiger charge is 2.27. The van der Waals surface area contributed by atoms with Crippen LogP contribution in [0.4, 0.5) is 0 Å². The van der Waals surface area contributed by atoms with E-state index < -0.39 is 0 Å². The number of pyridine rings is 1. The first-order valence-corrected chi connectivity index (χ1v) is 10.5. The molecule has 2 heterocycles. The van der Waals surface area contributed by atoms with E-state index in [2.05, 4.69) is 30.1 Å². The minimum Gasteiger partial charge on any atom is -0.494 e. The topological polar surface area (TPSA) is 71.5 Å². The molecule has 1 aliphatic heterocycles. The highest BCUT2D eigenvalue weighted by Crippen LogP contribution is 2.23. The molecule has 3 rings (SSSR count). The summed E-state index contributed by atoms with van der Waals surface area (Å²) in [7, 11) is 0. The van der Waals surface area contributed by atoms with Crippen molar-refractivity contribution in [3.63, 3.8) is 0 Å². The summed E-state index contributed by atoms with van der Waals surface area (Å²) < 4.78 is 5.85. The number of rotatable bonds is 8. The van der Waals surface area contributed by atoms with Gasteiger partial charge in [-0.1, -0.05) is 19.8 Å². The van der Waals surface area contributed by atoms with Crippen LogP contribution in [0.2, 0.25) is 0 Å². The number of carbonyl (C=O) groups excluding carboxylic acids is 2. The largest absolute Gasteiger partial charge is 0.494 e. The standard InChI is InChI=1S/C24H29N3O3/c1-4-18-8-5-13-27(18)23(28)16-26-24(29)20-11-12-25-22-10-9-19(15-21(20)22)30-14-6-7-17(2)3/h1,9-12,15,17-18H,5-8,13-14,16H2,2-3H3,(H,26,29). The van der Waals surface area contributed by atoms with Crippen LogP contribution in [-0.2, 0) is 4.79 Å². The smallest absolute Gasteiger partial charge is 0.252 e. The Bertz CT molecular complexity index is 948. The Hall–Kier alpha value is -3.07. The summed E-state index contributed by atoms with van der Waals surface area (Å²) in [5.41, 5.74) is 1.17. The Morgan fingerprint density at radius 2 is 2.20 bits per heavy atom. The van der Waals surface area contributed by atoms with Crippen molar-refractivity contribution in [1.82, 2.24) is 15.2 Å². The molecule has 1 aliphatic rings. The first-order chi connectivity index (χ1) is 14.5. The van der Waals surface area contributed by atoms with Crippen LogP contribution >= 0.6 is 0 Å². The van der Waals surface area contributed by atoms with E-state index in [1.165, 1.54) is 0 Å². The molecule has 6 heteroatoms. The molecule has 1 fully saturated rings. The van der Waals surface area contributed by atoms with E-state index in [0.29, 0.717) is 41.3 Å². The minimum absolute atomic E-state index is 0.0772. The summed E-state index contributed by atoms with van der Waals surface area (Å²) in [6.45, 7) is 5.57. The number of nitrogens with zero attached hydrogens (tertiary/aromatic N) is 2. The highest BCUT2D eigenvalue weighted by atomic mass is 16.5. The Labute approximate surface area is 178 Å². The second kappa shape index (κ2) is 10.1. The maximum atomic E-state index is 12.8. The fraction of sp³-hybridized carbons (Fsp3) is 0.458. The number of amides is 2. The van der Waals surface area contributed by atoms with Crippen LogP contribution in [0.5, 0.6) is 5.75 Å². The first-order valence-electron chi connectivity index (χ1n) is 10.5. The van der Waals surface area contributed by atoms with Gasteiger partial charge in [0.05, 0.1) is 30.3 Å². The summed E-state index contributed by atoms with van der Waals surface area (Å²) in [6.07, 6.45) is 10.9. The van der Waals surface area contributed by atoms with Crippen LogP contribution in [-0.4, -0.2) is 47.4 Å². The number of hydrogen-bond donors (Lipinski definition) is 1. The van der Waals surface area contributed by atoms with Gasteiger partial charge in [0, 0.05) is 18.1 Å². The summed E-state index contributed by atoms with van der Waals surface area (Å²) in [6, 6.07) is 7.03. The fourth-order valence-electron chi connectivity index (χ4n) is 3.69. The van der Waals surface area contributed by atoms with Gasteiger partial charge in [-0.3, -0.25) is 14.6 Å². The molecule has 0 aliphatic carbocycles. The number of benzene rings is 1. The quantitative estimate of drug-likeness (QED) is 0.538. The maximum Gasteiger partial charge on any atom is 0.252 e. The van der Waals surface area contributed by atoms with Crippen molar-refractivity contribution in [2.75, 3.05) is 19.7 Å². The molecular formula is C24H29N3O3. The first kappa shape index (κ1) is 21.6. The van der Waals surface area contributed by atoms with Crippen molar-refractivity contribution < 1.29 is 14.3 Å². The molecule has 1 unspecified atom stereocenters. The van der Waals surface area contributed by atoms with Crippen LogP contribution in [0.15, 0.2) is 30.5 Å². The molecule has 2 amide bonds. The summed E-state index contributed by atoms with van der Waals surface area (Å²) in [4.78, 5) is 31.2. The van der Waals surface area contributed by atoms with E-state index in [4.69, 9.17) is 11.2 Å². The van der Waals surface area contributed by atoms with E-state index in [-0.39, 0.29) is 24.4 Å². The van der Waals surface area contributed by atoms with Gasteiger partial charge in [-0.25, -0.2) is 0 Å². The molecule has 0 saturated carbocycles. The van der Waals surface area contributed by atoms with Gasteiger partial charge < -0.3 is 15.0 Å².